The molecule has 0 atom stereocenters. The molecule has 0 saturated carbocycles. The molecule has 0 radical (unpaired) electrons. The second-order valence-corrected chi connectivity index (χ2v) is 5.42. The lowest BCUT2D eigenvalue weighted by molar-refractivity contribution is -0.683. The molecule has 0 aliphatic rings. The first-order valence-electron chi connectivity index (χ1n) is 4.85. The number of nitrogens with zero attached hydrogens (tertiary/aromatic N) is 2. The van der Waals surface area contributed by atoms with Gasteiger partial charge in [0.1, 0.15) is 7.05 Å². The van der Waals surface area contributed by atoms with Crippen LogP contribution in [0.25, 0.3) is 0 Å². The number of aryl methyl sites for hydroxylation is 2. The highest BCUT2D eigenvalue weighted by molar-refractivity contribution is 7.50. The minimum absolute atomic E-state index is 0.660. The third-order valence-electron chi connectivity index (χ3n) is 2.49. The first-order valence-corrected chi connectivity index (χ1v) is 6.38. The number of aromatic nitrogens is 1. The topological polar surface area (TPSA) is 54.9 Å². The summed E-state index contributed by atoms with van der Waals surface area (Å²) in [5, 5.41) is 0. The predicted octanol–water partition coefficient (Wildman–Crippen LogP) is 1.99. The van der Waals surface area contributed by atoms with Gasteiger partial charge in [-0.3, -0.25) is 0 Å². The Morgan fingerprint density at radius 3 is 2.00 bits per heavy atom. The van der Waals surface area contributed by atoms with Crippen molar-refractivity contribution in [1.29, 1.82) is 0 Å². The average Bonchev–Trinajstić information content (AvgIpc) is 2.25. The molecule has 1 aromatic rings. The zero-order valence-electron chi connectivity index (χ0n) is 10.3. The van der Waals surface area contributed by atoms with Gasteiger partial charge in [0.15, 0.2) is 11.4 Å². The van der Waals surface area contributed by atoms with Crippen molar-refractivity contribution in [1.82, 2.24) is 0 Å². The molecular formula is C10H18N2O3P+. The largest absolute Gasteiger partial charge is 0.357 e. The average molecular weight is 245 g/mol. The Kier molecular flexibility index (Phi) is 4.21. The SMILES string of the molecule is COP(O)(=Nc1cc(C)[n+](C)c(C)c1)OC. The lowest BCUT2D eigenvalue weighted by Crippen LogP contribution is -2.34. The van der Waals surface area contributed by atoms with Crippen molar-refractivity contribution >= 4 is 13.4 Å². The molecule has 0 aromatic carbocycles. The van der Waals surface area contributed by atoms with Gasteiger partial charge in [0.25, 0.3) is 0 Å². The van der Waals surface area contributed by atoms with E-state index < -0.39 is 7.74 Å². The molecule has 0 aliphatic carbocycles. The smallest absolute Gasteiger partial charge is 0.318 e. The Bertz CT molecular complexity index is 415. The van der Waals surface area contributed by atoms with E-state index in [0.717, 1.165) is 11.4 Å². The van der Waals surface area contributed by atoms with Gasteiger partial charge in [0.2, 0.25) is 0 Å². The summed E-state index contributed by atoms with van der Waals surface area (Å²) in [6.07, 6.45) is 0. The van der Waals surface area contributed by atoms with E-state index in [1.54, 1.807) is 0 Å². The number of hydrogen-bond donors (Lipinski definition) is 1. The highest BCUT2D eigenvalue weighted by Crippen LogP contribution is 2.48. The van der Waals surface area contributed by atoms with Crippen LogP contribution in [0.5, 0.6) is 0 Å². The van der Waals surface area contributed by atoms with Crippen LogP contribution in [0.2, 0.25) is 0 Å². The van der Waals surface area contributed by atoms with Gasteiger partial charge in [-0.05, 0) is 0 Å². The van der Waals surface area contributed by atoms with Crippen LogP contribution in [-0.2, 0) is 16.1 Å². The van der Waals surface area contributed by atoms with E-state index in [2.05, 4.69) is 4.74 Å². The summed E-state index contributed by atoms with van der Waals surface area (Å²) >= 11 is 0. The summed E-state index contributed by atoms with van der Waals surface area (Å²) in [5.74, 6) is 0. The highest BCUT2D eigenvalue weighted by Gasteiger charge is 2.16. The normalized spacial score (nSPS) is 11.6. The molecular weight excluding hydrogens is 227 g/mol. The van der Waals surface area contributed by atoms with Crippen molar-refractivity contribution in [3.05, 3.63) is 23.5 Å². The molecule has 6 heteroatoms. The molecule has 1 N–H and O–H groups in total. The van der Waals surface area contributed by atoms with E-state index in [0.29, 0.717) is 5.69 Å². The van der Waals surface area contributed by atoms with Crippen molar-refractivity contribution in [2.24, 2.45) is 11.8 Å². The van der Waals surface area contributed by atoms with E-state index in [4.69, 9.17) is 9.05 Å². The number of hydrogen-bond acceptors (Lipinski definition) is 3. The first-order chi connectivity index (χ1) is 7.41. The summed E-state index contributed by atoms with van der Waals surface area (Å²) in [7, 11) is 1.64. The minimum Gasteiger partial charge on any atom is -0.318 e. The molecule has 1 aromatic heterocycles. The van der Waals surface area contributed by atoms with Gasteiger partial charge in [0, 0.05) is 40.2 Å². The second kappa shape index (κ2) is 5.06. The lowest BCUT2D eigenvalue weighted by Gasteiger charge is -2.12. The lowest BCUT2D eigenvalue weighted by atomic mass is 10.3. The molecule has 0 unspecified atom stereocenters. The maximum atomic E-state index is 9.83. The molecule has 90 valence electrons. The van der Waals surface area contributed by atoms with Crippen LogP contribution in [0, 0.1) is 13.8 Å². The standard InChI is InChI=1S/C10H18N2O3P/c1-8-6-10(7-9(2)12(8)3)11-16(13,14-4)15-5/h6-7,13H,1-5H3/q+1. The van der Waals surface area contributed by atoms with Crippen LogP contribution in [-0.4, -0.2) is 19.1 Å². The van der Waals surface area contributed by atoms with Crippen LogP contribution in [0.3, 0.4) is 0 Å². The fourth-order valence-electron chi connectivity index (χ4n) is 1.30. The Morgan fingerprint density at radius 1 is 1.19 bits per heavy atom. The highest BCUT2D eigenvalue weighted by atomic mass is 31.2. The van der Waals surface area contributed by atoms with E-state index in [-0.39, 0.29) is 0 Å². The maximum Gasteiger partial charge on any atom is 0.357 e. The van der Waals surface area contributed by atoms with Crippen molar-refractivity contribution in [3.63, 3.8) is 0 Å². The zero-order chi connectivity index (χ0) is 12.3. The van der Waals surface area contributed by atoms with E-state index >= 15 is 0 Å². The summed E-state index contributed by atoms with van der Waals surface area (Å²) in [6, 6.07) is 3.74. The summed E-state index contributed by atoms with van der Waals surface area (Å²) in [4.78, 5) is 9.83. The molecule has 0 saturated heterocycles. The molecule has 0 fully saturated rings. The molecule has 5 nitrogen and oxygen atoms in total. The number of pyridine rings is 1. The van der Waals surface area contributed by atoms with Gasteiger partial charge in [-0.15, -0.1) is 0 Å². The Morgan fingerprint density at radius 2 is 1.62 bits per heavy atom. The molecule has 0 amide bonds. The Balaban J connectivity index is 3.26. The van der Waals surface area contributed by atoms with Crippen LogP contribution >= 0.6 is 7.74 Å². The van der Waals surface area contributed by atoms with Crippen LogP contribution in [0.15, 0.2) is 16.9 Å². The van der Waals surface area contributed by atoms with E-state index in [1.165, 1.54) is 14.2 Å². The molecule has 0 aliphatic heterocycles. The first kappa shape index (κ1) is 13.3. The van der Waals surface area contributed by atoms with Crippen molar-refractivity contribution in [2.75, 3.05) is 14.2 Å². The molecule has 16 heavy (non-hydrogen) atoms. The summed E-state index contributed by atoms with van der Waals surface area (Å²) < 4.78 is 15.9. The van der Waals surface area contributed by atoms with Crippen LogP contribution in [0.4, 0.5) is 5.69 Å². The second-order valence-electron chi connectivity index (χ2n) is 3.51. The molecule has 1 rings (SSSR count). The van der Waals surface area contributed by atoms with Gasteiger partial charge in [0.05, 0.1) is 5.69 Å². The van der Waals surface area contributed by atoms with Crippen molar-refractivity contribution in [3.8, 4) is 0 Å². The molecule has 0 bridgehead atoms. The fraction of sp³-hybridized carbons (Fsp3) is 0.500. The van der Waals surface area contributed by atoms with E-state index in [1.807, 2.05) is 37.6 Å². The van der Waals surface area contributed by atoms with Gasteiger partial charge < -0.3 is 13.9 Å². The van der Waals surface area contributed by atoms with Gasteiger partial charge in [-0.2, -0.15) is 4.74 Å². The number of rotatable bonds is 3. The van der Waals surface area contributed by atoms with Crippen LogP contribution in [0.1, 0.15) is 11.4 Å². The Hall–Kier alpha value is -0.740. The third kappa shape index (κ3) is 2.89. The third-order valence-corrected chi connectivity index (χ3v) is 3.92. The van der Waals surface area contributed by atoms with E-state index in [9.17, 15) is 4.89 Å². The van der Waals surface area contributed by atoms with Gasteiger partial charge in [-0.25, -0.2) is 4.57 Å². The van der Waals surface area contributed by atoms with Crippen LogP contribution < -0.4 is 4.57 Å². The quantitative estimate of drug-likeness (QED) is 0.654. The maximum absolute atomic E-state index is 9.83. The predicted molar refractivity (Wildman–Crippen MR) is 62.3 cm³/mol. The summed E-state index contributed by atoms with van der Waals surface area (Å²) in [6.45, 7) is 3.95. The van der Waals surface area contributed by atoms with Crippen molar-refractivity contribution in [2.45, 2.75) is 13.8 Å². The Labute approximate surface area is 96.0 Å². The zero-order valence-corrected chi connectivity index (χ0v) is 11.2. The summed E-state index contributed by atoms with van der Waals surface area (Å²) in [5.41, 5.74) is 2.77. The van der Waals surface area contributed by atoms with Gasteiger partial charge >= 0.3 is 7.74 Å². The fourth-order valence-corrected chi connectivity index (χ4v) is 2.02. The monoisotopic (exact) mass is 245 g/mol. The minimum atomic E-state index is -3.09. The van der Waals surface area contributed by atoms with Gasteiger partial charge in [-0.1, -0.05) is 0 Å². The van der Waals surface area contributed by atoms with Crippen molar-refractivity contribution < 1.29 is 18.5 Å². The molecule has 1 heterocycles. The molecule has 0 spiro atoms.